The summed E-state index contributed by atoms with van der Waals surface area (Å²) < 4.78 is 36.0. The molecule has 0 aliphatic rings. The molecule has 0 unspecified atom stereocenters. The van der Waals surface area contributed by atoms with E-state index < -0.39 is 18.6 Å². The third-order valence-corrected chi connectivity index (χ3v) is 3.76. The highest BCUT2D eigenvalue weighted by Gasteiger charge is 2.18. The second-order valence-corrected chi connectivity index (χ2v) is 7.72. The number of carbonyl (C=O) groups is 1. The van der Waals surface area contributed by atoms with Crippen molar-refractivity contribution in [2.75, 3.05) is 11.9 Å². The quantitative estimate of drug-likeness (QED) is 0.584. The number of ether oxygens (including phenoxy) is 2. The van der Waals surface area contributed by atoms with Crippen molar-refractivity contribution < 1.29 is 23.0 Å². The van der Waals surface area contributed by atoms with Gasteiger partial charge in [0.25, 0.3) is 6.43 Å². The maximum Gasteiger partial charge on any atom is 0.310 e. The SMILES string of the molecule is CC(C)(C)OC(=O)Cc1ccccc1OCc1cc(Cl)cc(NCC(F)F)c1. The zero-order chi connectivity index (χ0) is 20.7. The molecule has 1 N–H and O–H groups in total. The van der Waals surface area contributed by atoms with Crippen LogP contribution >= 0.6 is 11.6 Å². The monoisotopic (exact) mass is 411 g/mol. The second kappa shape index (κ2) is 9.73. The van der Waals surface area contributed by atoms with Crippen LogP contribution in [-0.4, -0.2) is 24.5 Å². The number of anilines is 1. The maximum absolute atomic E-state index is 12.4. The summed E-state index contributed by atoms with van der Waals surface area (Å²) in [6.07, 6.45) is -2.37. The van der Waals surface area contributed by atoms with Gasteiger partial charge < -0.3 is 14.8 Å². The molecule has 0 aliphatic carbocycles. The minimum Gasteiger partial charge on any atom is -0.489 e. The Morgan fingerprint density at radius 2 is 1.89 bits per heavy atom. The molecule has 0 fully saturated rings. The number of alkyl halides is 2. The fourth-order valence-corrected chi connectivity index (χ4v) is 2.77. The van der Waals surface area contributed by atoms with Crippen LogP contribution < -0.4 is 10.1 Å². The van der Waals surface area contributed by atoms with Crippen molar-refractivity contribution in [2.45, 2.75) is 45.8 Å². The zero-order valence-corrected chi connectivity index (χ0v) is 16.9. The molecule has 0 radical (unpaired) electrons. The van der Waals surface area contributed by atoms with E-state index in [-0.39, 0.29) is 19.0 Å². The van der Waals surface area contributed by atoms with Gasteiger partial charge >= 0.3 is 5.97 Å². The molecule has 2 aromatic carbocycles. The molecule has 0 heterocycles. The largest absolute Gasteiger partial charge is 0.489 e. The molecule has 4 nitrogen and oxygen atoms in total. The summed E-state index contributed by atoms with van der Waals surface area (Å²) in [5.74, 6) is 0.209. The number of rotatable bonds is 8. The van der Waals surface area contributed by atoms with Crippen molar-refractivity contribution in [3.05, 3.63) is 58.6 Å². The summed E-state index contributed by atoms with van der Waals surface area (Å²) in [5, 5.41) is 3.05. The molecule has 152 valence electrons. The van der Waals surface area contributed by atoms with Crippen LogP contribution in [0.2, 0.25) is 5.02 Å². The molecular formula is C21H24ClF2NO3. The summed E-state index contributed by atoms with van der Waals surface area (Å²) in [7, 11) is 0. The predicted molar refractivity (Wildman–Crippen MR) is 106 cm³/mol. The lowest BCUT2D eigenvalue weighted by Gasteiger charge is -2.20. The van der Waals surface area contributed by atoms with Crippen molar-refractivity contribution in [1.82, 2.24) is 0 Å². The summed E-state index contributed by atoms with van der Waals surface area (Å²) in [5.41, 5.74) is 1.36. The molecule has 0 bridgehead atoms. The van der Waals surface area contributed by atoms with Gasteiger partial charge in [-0.25, -0.2) is 8.78 Å². The number of esters is 1. The van der Waals surface area contributed by atoms with E-state index in [0.29, 0.717) is 22.0 Å². The fourth-order valence-electron chi connectivity index (χ4n) is 2.52. The van der Waals surface area contributed by atoms with Crippen LogP contribution in [0.25, 0.3) is 0 Å². The number of hydrogen-bond donors (Lipinski definition) is 1. The highest BCUT2D eigenvalue weighted by atomic mass is 35.5. The average molecular weight is 412 g/mol. The Bertz CT molecular complexity index is 806. The Morgan fingerprint density at radius 1 is 1.18 bits per heavy atom. The summed E-state index contributed by atoms with van der Waals surface area (Å²) in [6, 6.07) is 12.2. The normalized spacial score (nSPS) is 11.4. The molecule has 0 amide bonds. The standard InChI is InChI=1S/C21H24ClF2NO3/c1-21(2,3)28-20(26)10-15-6-4-5-7-18(15)27-13-14-8-16(22)11-17(9-14)25-12-19(23)24/h4-9,11,19,25H,10,12-13H2,1-3H3. The average Bonchev–Trinajstić information content (AvgIpc) is 2.57. The van der Waals surface area contributed by atoms with Crippen LogP contribution in [0.5, 0.6) is 5.75 Å². The van der Waals surface area contributed by atoms with Crippen LogP contribution in [0.1, 0.15) is 31.9 Å². The van der Waals surface area contributed by atoms with Crippen molar-refractivity contribution in [1.29, 1.82) is 0 Å². The first-order valence-electron chi connectivity index (χ1n) is 8.86. The van der Waals surface area contributed by atoms with Gasteiger partial charge in [-0.2, -0.15) is 0 Å². The minimum atomic E-state index is -2.46. The first-order chi connectivity index (χ1) is 13.1. The van der Waals surface area contributed by atoms with Gasteiger partial charge in [0.2, 0.25) is 0 Å². The molecule has 0 saturated heterocycles. The summed E-state index contributed by atoms with van der Waals surface area (Å²) in [6.45, 7) is 5.15. The Kier molecular flexibility index (Phi) is 7.63. The number of carbonyl (C=O) groups excluding carboxylic acids is 1. The Balaban J connectivity index is 2.06. The fraction of sp³-hybridized carbons (Fsp3) is 0.381. The number of hydrogen-bond acceptors (Lipinski definition) is 4. The number of nitrogens with one attached hydrogen (secondary N) is 1. The summed E-state index contributed by atoms with van der Waals surface area (Å²) >= 11 is 6.06. The van der Waals surface area contributed by atoms with E-state index in [1.165, 1.54) is 0 Å². The Labute approximate surface area is 168 Å². The van der Waals surface area contributed by atoms with E-state index in [9.17, 15) is 13.6 Å². The first kappa shape index (κ1) is 22.0. The number of para-hydroxylation sites is 1. The third kappa shape index (κ3) is 7.72. The highest BCUT2D eigenvalue weighted by molar-refractivity contribution is 6.30. The van der Waals surface area contributed by atoms with E-state index in [4.69, 9.17) is 21.1 Å². The lowest BCUT2D eigenvalue weighted by atomic mass is 10.1. The highest BCUT2D eigenvalue weighted by Crippen LogP contribution is 2.24. The van der Waals surface area contributed by atoms with Crippen molar-refractivity contribution >= 4 is 23.3 Å². The van der Waals surface area contributed by atoms with Crippen LogP contribution in [-0.2, 0) is 22.6 Å². The number of halogens is 3. The smallest absolute Gasteiger partial charge is 0.310 e. The topological polar surface area (TPSA) is 47.6 Å². The lowest BCUT2D eigenvalue weighted by Crippen LogP contribution is -2.25. The molecule has 0 aromatic heterocycles. The Morgan fingerprint density at radius 3 is 2.57 bits per heavy atom. The zero-order valence-electron chi connectivity index (χ0n) is 16.1. The van der Waals surface area contributed by atoms with Crippen LogP contribution in [0.3, 0.4) is 0 Å². The van der Waals surface area contributed by atoms with Crippen LogP contribution in [0, 0.1) is 0 Å². The van der Waals surface area contributed by atoms with E-state index in [2.05, 4.69) is 5.32 Å². The minimum absolute atomic E-state index is 0.0875. The molecular weight excluding hydrogens is 388 g/mol. The van der Waals surface area contributed by atoms with Gasteiger partial charge in [-0.05, 0) is 50.6 Å². The second-order valence-electron chi connectivity index (χ2n) is 7.28. The van der Waals surface area contributed by atoms with Crippen molar-refractivity contribution in [2.24, 2.45) is 0 Å². The molecule has 0 saturated carbocycles. The molecule has 2 aromatic rings. The molecule has 28 heavy (non-hydrogen) atoms. The first-order valence-corrected chi connectivity index (χ1v) is 9.24. The van der Waals surface area contributed by atoms with E-state index in [1.807, 2.05) is 32.9 Å². The molecule has 2 rings (SSSR count). The molecule has 0 aliphatic heterocycles. The lowest BCUT2D eigenvalue weighted by molar-refractivity contribution is -0.153. The predicted octanol–water partition coefficient (Wildman–Crippen LogP) is 5.48. The van der Waals surface area contributed by atoms with Gasteiger partial charge in [0, 0.05) is 16.3 Å². The van der Waals surface area contributed by atoms with Gasteiger partial charge in [0.05, 0.1) is 13.0 Å². The Hall–Kier alpha value is -2.34. The van der Waals surface area contributed by atoms with Crippen molar-refractivity contribution in [3.63, 3.8) is 0 Å². The summed E-state index contributed by atoms with van der Waals surface area (Å²) in [4.78, 5) is 12.1. The van der Waals surface area contributed by atoms with Gasteiger partial charge in [0.1, 0.15) is 18.0 Å². The number of benzene rings is 2. The third-order valence-electron chi connectivity index (χ3n) is 3.54. The van der Waals surface area contributed by atoms with E-state index in [1.54, 1.807) is 30.3 Å². The van der Waals surface area contributed by atoms with Gasteiger partial charge in [0.15, 0.2) is 0 Å². The maximum atomic E-state index is 12.4. The van der Waals surface area contributed by atoms with E-state index in [0.717, 1.165) is 5.56 Å². The van der Waals surface area contributed by atoms with Crippen LogP contribution in [0.4, 0.5) is 14.5 Å². The molecule has 0 spiro atoms. The van der Waals surface area contributed by atoms with Gasteiger partial charge in [-0.15, -0.1) is 0 Å². The van der Waals surface area contributed by atoms with Gasteiger partial charge in [-0.3, -0.25) is 4.79 Å². The molecule has 7 heteroatoms. The molecule has 0 atom stereocenters. The van der Waals surface area contributed by atoms with Crippen molar-refractivity contribution in [3.8, 4) is 5.75 Å². The van der Waals surface area contributed by atoms with E-state index >= 15 is 0 Å². The van der Waals surface area contributed by atoms with Crippen LogP contribution in [0.15, 0.2) is 42.5 Å². The van der Waals surface area contributed by atoms with Gasteiger partial charge in [-0.1, -0.05) is 29.8 Å².